The van der Waals surface area contributed by atoms with Crippen LogP contribution >= 0.6 is 0 Å². The Kier molecular flexibility index (Phi) is 2.77. The highest BCUT2D eigenvalue weighted by Crippen LogP contribution is 2.21. The minimum absolute atomic E-state index is 0.366. The number of hydrogen-bond acceptors (Lipinski definition) is 2. The second-order valence-electron chi connectivity index (χ2n) is 3.58. The highest BCUT2D eigenvalue weighted by molar-refractivity contribution is 5.79. The number of rotatable bonds is 2. The van der Waals surface area contributed by atoms with Gasteiger partial charge in [0.15, 0.2) is 0 Å². The zero-order valence-corrected chi connectivity index (χ0v) is 8.77. The number of halogens is 1. The highest BCUT2D eigenvalue weighted by atomic mass is 19.1. The number of nitrogens with zero attached hydrogens (tertiary/aromatic N) is 1. The molecule has 2 rings (SSSR count). The first kappa shape index (κ1) is 10.5. The molecule has 0 atom stereocenters. The Hall–Kier alpha value is -2.03. The minimum atomic E-state index is -0.366. The van der Waals surface area contributed by atoms with E-state index in [9.17, 15) is 9.18 Å². The van der Waals surface area contributed by atoms with Crippen LogP contribution in [0.15, 0.2) is 36.7 Å². The van der Waals surface area contributed by atoms with Gasteiger partial charge in [0.25, 0.3) is 0 Å². The lowest BCUT2D eigenvalue weighted by molar-refractivity contribution is 0.112. The maximum atomic E-state index is 13.0. The van der Waals surface area contributed by atoms with Gasteiger partial charge in [-0.2, -0.15) is 0 Å². The molecule has 1 aromatic heterocycles. The monoisotopic (exact) mass is 215 g/mol. The Morgan fingerprint density at radius 1 is 1.19 bits per heavy atom. The fourth-order valence-corrected chi connectivity index (χ4v) is 1.56. The van der Waals surface area contributed by atoms with Crippen LogP contribution in [0.1, 0.15) is 15.9 Å². The zero-order valence-electron chi connectivity index (χ0n) is 8.77. The zero-order chi connectivity index (χ0) is 11.5. The predicted molar refractivity (Wildman–Crippen MR) is 59.8 cm³/mol. The van der Waals surface area contributed by atoms with E-state index in [2.05, 4.69) is 4.98 Å². The first-order chi connectivity index (χ1) is 7.70. The second-order valence-corrected chi connectivity index (χ2v) is 3.58. The summed E-state index contributed by atoms with van der Waals surface area (Å²) in [7, 11) is 0. The third-order valence-corrected chi connectivity index (χ3v) is 2.43. The van der Waals surface area contributed by atoms with Crippen molar-refractivity contribution in [3.05, 3.63) is 53.6 Å². The van der Waals surface area contributed by atoms with Crippen LogP contribution in [0, 0.1) is 12.7 Å². The molecule has 0 saturated heterocycles. The normalized spacial score (nSPS) is 10.1. The number of pyridine rings is 1. The summed E-state index contributed by atoms with van der Waals surface area (Å²) in [5, 5.41) is 0. The molecule has 1 heterocycles. The first-order valence-electron chi connectivity index (χ1n) is 4.87. The second kappa shape index (κ2) is 4.23. The highest BCUT2D eigenvalue weighted by Gasteiger charge is 2.02. The molecule has 0 aliphatic heterocycles. The molecule has 0 aliphatic rings. The molecule has 0 fully saturated rings. The maximum absolute atomic E-state index is 13.0. The molecule has 0 bridgehead atoms. The van der Waals surface area contributed by atoms with E-state index in [4.69, 9.17) is 0 Å². The summed E-state index contributed by atoms with van der Waals surface area (Å²) in [5.41, 5.74) is 3.08. The van der Waals surface area contributed by atoms with Crippen molar-refractivity contribution >= 4 is 6.29 Å². The molecule has 3 heteroatoms. The molecule has 0 saturated carbocycles. The van der Waals surface area contributed by atoms with Crippen molar-refractivity contribution in [3.8, 4) is 11.1 Å². The third kappa shape index (κ3) is 1.98. The standard InChI is InChI=1S/C13H10FNO/c1-9-4-10(2-3-11(9)8-16)12-5-13(14)7-15-6-12/h2-8H,1H3. The molecule has 2 nitrogen and oxygen atoms in total. The number of carbonyl (C=O) groups is 1. The Morgan fingerprint density at radius 3 is 2.62 bits per heavy atom. The van der Waals surface area contributed by atoms with Gasteiger partial charge < -0.3 is 0 Å². The number of aryl methyl sites for hydroxylation is 1. The van der Waals surface area contributed by atoms with Crippen LogP contribution in [0.2, 0.25) is 0 Å². The van der Waals surface area contributed by atoms with Crippen molar-refractivity contribution in [2.75, 3.05) is 0 Å². The summed E-state index contributed by atoms with van der Waals surface area (Å²) in [5.74, 6) is -0.366. The van der Waals surface area contributed by atoms with Crippen LogP contribution < -0.4 is 0 Å². The van der Waals surface area contributed by atoms with Crippen molar-refractivity contribution in [1.82, 2.24) is 4.98 Å². The SMILES string of the molecule is Cc1cc(-c2cncc(F)c2)ccc1C=O. The molecule has 0 unspecified atom stereocenters. The summed E-state index contributed by atoms with van der Waals surface area (Å²) in [6.45, 7) is 1.85. The predicted octanol–water partition coefficient (Wildman–Crippen LogP) is 3.01. The summed E-state index contributed by atoms with van der Waals surface area (Å²) in [6.07, 6.45) is 3.57. The van der Waals surface area contributed by atoms with Gasteiger partial charge in [-0.15, -0.1) is 0 Å². The van der Waals surface area contributed by atoms with Crippen molar-refractivity contribution in [3.63, 3.8) is 0 Å². The molecule has 1 aromatic carbocycles. The number of benzene rings is 1. The summed E-state index contributed by atoms with van der Waals surface area (Å²) in [4.78, 5) is 14.4. The van der Waals surface area contributed by atoms with Crippen LogP contribution in [0.5, 0.6) is 0 Å². The van der Waals surface area contributed by atoms with E-state index < -0.39 is 0 Å². The molecule has 0 aliphatic carbocycles. The molecule has 0 radical (unpaired) electrons. The van der Waals surface area contributed by atoms with E-state index in [1.54, 1.807) is 18.3 Å². The molecule has 0 amide bonds. The van der Waals surface area contributed by atoms with Gasteiger partial charge in [0, 0.05) is 17.3 Å². The summed E-state index contributed by atoms with van der Waals surface area (Å²) < 4.78 is 13.0. The summed E-state index contributed by atoms with van der Waals surface area (Å²) in [6, 6.07) is 6.78. The Morgan fingerprint density at radius 2 is 2.00 bits per heavy atom. The van der Waals surface area contributed by atoms with Crippen molar-refractivity contribution in [2.45, 2.75) is 6.92 Å². The Bertz CT molecular complexity index is 537. The van der Waals surface area contributed by atoms with Gasteiger partial charge in [0.1, 0.15) is 12.1 Å². The van der Waals surface area contributed by atoms with Crippen molar-refractivity contribution in [1.29, 1.82) is 0 Å². The molecular formula is C13H10FNO. The van der Waals surface area contributed by atoms with Crippen LogP contribution in [0.4, 0.5) is 4.39 Å². The lowest BCUT2D eigenvalue weighted by Crippen LogP contribution is -1.88. The van der Waals surface area contributed by atoms with Crippen LogP contribution in [-0.4, -0.2) is 11.3 Å². The molecule has 2 aromatic rings. The molecule has 80 valence electrons. The van der Waals surface area contributed by atoms with Crippen LogP contribution in [0.25, 0.3) is 11.1 Å². The number of carbonyl (C=O) groups excluding carboxylic acids is 1. The lowest BCUT2D eigenvalue weighted by atomic mass is 10.0. The topological polar surface area (TPSA) is 30.0 Å². The van der Waals surface area contributed by atoms with Gasteiger partial charge in [-0.25, -0.2) is 4.39 Å². The van der Waals surface area contributed by atoms with Gasteiger partial charge >= 0.3 is 0 Å². The van der Waals surface area contributed by atoms with Gasteiger partial charge in [-0.1, -0.05) is 18.2 Å². The molecule has 16 heavy (non-hydrogen) atoms. The van der Waals surface area contributed by atoms with Crippen molar-refractivity contribution in [2.24, 2.45) is 0 Å². The molecule has 0 spiro atoms. The first-order valence-corrected chi connectivity index (χ1v) is 4.87. The van der Waals surface area contributed by atoms with Gasteiger partial charge in [-0.3, -0.25) is 9.78 Å². The van der Waals surface area contributed by atoms with E-state index in [0.29, 0.717) is 11.1 Å². The number of aldehydes is 1. The van der Waals surface area contributed by atoms with Gasteiger partial charge in [-0.05, 0) is 24.1 Å². The van der Waals surface area contributed by atoms with E-state index in [-0.39, 0.29) is 5.82 Å². The molecular weight excluding hydrogens is 205 g/mol. The van der Waals surface area contributed by atoms with E-state index in [0.717, 1.165) is 23.6 Å². The third-order valence-electron chi connectivity index (χ3n) is 2.43. The van der Waals surface area contributed by atoms with Gasteiger partial charge in [0.2, 0.25) is 0 Å². The van der Waals surface area contributed by atoms with E-state index in [1.807, 2.05) is 13.0 Å². The van der Waals surface area contributed by atoms with Crippen molar-refractivity contribution < 1.29 is 9.18 Å². The fraction of sp³-hybridized carbons (Fsp3) is 0.0769. The number of aromatic nitrogens is 1. The minimum Gasteiger partial charge on any atom is -0.298 e. The maximum Gasteiger partial charge on any atom is 0.150 e. The fourth-order valence-electron chi connectivity index (χ4n) is 1.56. The largest absolute Gasteiger partial charge is 0.298 e. The Balaban J connectivity index is 2.49. The number of hydrogen-bond donors (Lipinski definition) is 0. The summed E-state index contributed by atoms with van der Waals surface area (Å²) >= 11 is 0. The average Bonchev–Trinajstić information content (AvgIpc) is 2.29. The molecule has 0 N–H and O–H groups in total. The van der Waals surface area contributed by atoms with E-state index >= 15 is 0 Å². The van der Waals surface area contributed by atoms with Crippen LogP contribution in [-0.2, 0) is 0 Å². The van der Waals surface area contributed by atoms with E-state index in [1.165, 1.54) is 6.07 Å². The quantitative estimate of drug-likeness (QED) is 0.721. The van der Waals surface area contributed by atoms with Crippen LogP contribution in [0.3, 0.4) is 0 Å². The van der Waals surface area contributed by atoms with Gasteiger partial charge in [0.05, 0.1) is 6.20 Å². The lowest BCUT2D eigenvalue weighted by Gasteiger charge is -2.04. The Labute approximate surface area is 92.8 Å². The average molecular weight is 215 g/mol. The smallest absolute Gasteiger partial charge is 0.150 e.